The summed E-state index contributed by atoms with van der Waals surface area (Å²) in [4.78, 5) is 0. The maximum atomic E-state index is 12.8. The Bertz CT molecular complexity index is 764. The molecule has 1 aromatic heterocycles. The molecule has 0 bridgehead atoms. The number of benzene rings is 1. The Morgan fingerprint density at radius 3 is 2.52 bits per heavy atom. The molecular formula is C16H18F2N2O2S. The molecule has 1 fully saturated rings. The van der Waals surface area contributed by atoms with Gasteiger partial charge in [-0.25, -0.2) is 17.2 Å². The van der Waals surface area contributed by atoms with Gasteiger partial charge in [-0.3, -0.25) is 4.68 Å². The smallest absolute Gasteiger partial charge is 0.248 e. The van der Waals surface area contributed by atoms with Gasteiger partial charge in [0.2, 0.25) is 5.92 Å². The maximum Gasteiger partial charge on any atom is 0.248 e. The molecule has 1 aliphatic carbocycles. The van der Waals surface area contributed by atoms with Gasteiger partial charge < -0.3 is 0 Å². The molecule has 2 aromatic rings. The molecule has 0 spiro atoms. The highest BCUT2D eigenvalue weighted by molar-refractivity contribution is 7.90. The van der Waals surface area contributed by atoms with Crippen molar-refractivity contribution in [1.82, 2.24) is 9.78 Å². The first-order valence-electron chi connectivity index (χ1n) is 7.46. The lowest BCUT2D eigenvalue weighted by atomic mass is 9.83. The maximum absolute atomic E-state index is 12.8. The summed E-state index contributed by atoms with van der Waals surface area (Å²) in [5, 5.41) is 4.26. The zero-order chi connectivity index (χ0) is 16.5. The van der Waals surface area contributed by atoms with Gasteiger partial charge in [0.15, 0.2) is 9.84 Å². The van der Waals surface area contributed by atoms with E-state index in [4.69, 9.17) is 0 Å². The minimum absolute atomic E-state index is 0.186. The summed E-state index contributed by atoms with van der Waals surface area (Å²) < 4.78 is 51.4. The van der Waals surface area contributed by atoms with E-state index in [0.717, 1.165) is 5.56 Å². The van der Waals surface area contributed by atoms with Gasteiger partial charge in [0.25, 0.3) is 0 Å². The predicted molar refractivity (Wildman–Crippen MR) is 82.9 cm³/mol. The third-order valence-corrected chi connectivity index (χ3v) is 5.63. The third kappa shape index (κ3) is 4.37. The molecule has 0 amide bonds. The molecule has 0 unspecified atom stereocenters. The molecule has 0 saturated heterocycles. The monoisotopic (exact) mass is 340 g/mol. The van der Waals surface area contributed by atoms with Crippen molar-refractivity contribution in [3.8, 4) is 0 Å². The van der Waals surface area contributed by atoms with Crippen molar-refractivity contribution in [2.75, 3.05) is 5.75 Å². The Labute approximate surface area is 134 Å². The largest absolute Gasteiger partial charge is 0.268 e. The highest BCUT2D eigenvalue weighted by atomic mass is 32.2. The van der Waals surface area contributed by atoms with Gasteiger partial charge in [0, 0.05) is 19.0 Å². The highest BCUT2D eigenvalue weighted by Gasteiger charge is 2.46. The molecule has 1 saturated carbocycles. The van der Waals surface area contributed by atoms with Crippen LogP contribution < -0.4 is 0 Å². The van der Waals surface area contributed by atoms with Crippen molar-refractivity contribution in [1.29, 1.82) is 0 Å². The van der Waals surface area contributed by atoms with E-state index in [1.54, 1.807) is 16.9 Å². The first-order valence-corrected chi connectivity index (χ1v) is 9.28. The quantitative estimate of drug-likeness (QED) is 0.812. The number of nitrogens with zero attached hydrogens (tertiary/aromatic N) is 2. The molecule has 0 radical (unpaired) electrons. The lowest BCUT2D eigenvalue weighted by Gasteiger charge is -2.34. The van der Waals surface area contributed by atoms with E-state index in [1.807, 2.05) is 30.3 Å². The van der Waals surface area contributed by atoms with Crippen LogP contribution in [-0.4, -0.2) is 29.9 Å². The van der Waals surface area contributed by atoms with Gasteiger partial charge in [-0.2, -0.15) is 5.10 Å². The fourth-order valence-electron chi connectivity index (χ4n) is 2.89. The normalized spacial score (nSPS) is 17.8. The summed E-state index contributed by atoms with van der Waals surface area (Å²) >= 11 is 0. The summed E-state index contributed by atoms with van der Waals surface area (Å²) in [5.74, 6) is -3.50. The summed E-state index contributed by atoms with van der Waals surface area (Å²) in [5.41, 5.74) is 1.52. The van der Waals surface area contributed by atoms with Gasteiger partial charge in [-0.15, -0.1) is 0 Å². The number of hydrogen-bond donors (Lipinski definition) is 0. The molecule has 1 aromatic carbocycles. The van der Waals surface area contributed by atoms with Crippen molar-refractivity contribution in [3.63, 3.8) is 0 Å². The molecule has 0 N–H and O–H groups in total. The lowest BCUT2D eigenvalue weighted by molar-refractivity contribution is -0.103. The Morgan fingerprint density at radius 2 is 1.87 bits per heavy atom. The highest BCUT2D eigenvalue weighted by Crippen LogP contribution is 2.43. The molecule has 23 heavy (non-hydrogen) atoms. The number of alkyl halides is 2. The van der Waals surface area contributed by atoms with Crippen LogP contribution in [0, 0.1) is 5.92 Å². The average Bonchev–Trinajstić information content (AvgIpc) is 2.83. The van der Waals surface area contributed by atoms with Crippen LogP contribution >= 0.6 is 0 Å². The van der Waals surface area contributed by atoms with Crippen LogP contribution in [-0.2, 0) is 22.1 Å². The van der Waals surface area contributed by atoms with Crippen molar-refractivity contribution in [2.24, 2.45) is 5.92 Å². The zero-order valence-corrected chi connectivity index (χ0v) is 13.3. The molecule has 124 valence electrons. The SMILES string of the molecule is O=S(=O)(Cc1ccn(Cc2ccccc2)n1)CC1CC(F)(F)C1. The molecular weight excluding hydrogens is 322 g/mol. The first-order chi connectivity index (χ1) is 10.8. The Morgan fingerprint density at radius 1 is 1.17 bits per heavy atom. The van der Waals surface area contributed by atoms with E-state index in [0.29, 0.717) is 12.2 Å². The van der Waals surface area contributed by atoms with E-state index in [1.165, 1.54) is 0 Å². The van der Waals surface area contributed by atoms with Gasteiger partial charge in [0.1, 0.15) is 0 Å². The molecule has 4 nitrogen and oxygen atoms in total. The number of hydrogen-bond acceptors (Lipinski definition) is 3. The number of rotatable bonds is 6. The van der Waals surface area contributed by atoms with Gasteiger partial charge in [0.05, 0.1) is 23.7 Å². The number of halogens is 2. The topological polar surface area (TPSA) is 52.0 Å². The van der Waals surface area contributed by atoms with Crippen molar-refractivity contribution < 1.29 is 17.2 Å². The molecule has 3 rings (SSSR count). The molecule has 1 aliphatic rings. The van der Waals surface area contributed by atoms with Gasteiger partial charge >= 0.3 is 0 Å². The van der Waals surface area contributed by atoms with Gasteiger partial charge in [-0.1, -0.05) is 30.3 Å². The average molecular weight is 340 g/mol. The fourth-order valence-corrected chi connectivity index (χ4v) is 4.56. The van der Waals surface area contributed by atoms with Crippen LogP contribution in [0.5, 0.6) is 0 Å². The molecule has 7 heteroatoms. The van der Waals surface area contributed by atoms with Crippen LogP contribution in [0.3, 0.4) is 0 Å². The fraction of sp³-hybridized carbons (Fsp3) is 0.438. The Hall–Kier alpha value is -1.76. The van der Waals surface area contributed by atoms with Crippen LogP contribution in [0.25, 0.3) is 0 Å². The van der Waals surface area contributed by atoms with E-state index < -0.39 is 21.7 Å². The summed E-state index contributed by atoms with van der Waals surface area (Å²) in [6, 6.07) is 11.4. The number of sulfone groups is 1. The van der Waals surface area contributed by atoms with Crippen LogP contribution in [0.4, 0.5) is 8.78 Å². The molecule has 0 atom stereocenters. The van der Waals surface area contributed by atoms with Crippen molar-refractivity contribution >= 4 is 9.84 Å². The summed E-state index contributed by atoms with van der Waals surface area (Å²) in [7, 11) is -3.41. The second-order valence-corrected chi connectivity index (χ2v) is 8.28. The van der Waals surface area contributed by atoms with E-state index in [9.17, 15) is 17.2 Å². The minimum atomic E-state index is -3.41. The van der Waals surface area contributed by atoms with Crippen molar-refractivity contribution in [2.45, 2.75) is 31.1 Å². The Kier molecular flexibility index (Phi) is 4.23. The van der Waals surface area contributed by atoms with Crippen LogP contribution in [0.15, 0.2) is 42.6 Å². The second kappa shape index (κ2) is 6.03. The molecule has 0 aliphatic heterocycles. The first kappa shape index (κ1) is 16.1. The van der Waals surface area contributed by atoms with E-state index in [2.05, 4.69) is 5.10 Å². The second-order valence-electron chi connectivity index (χ2n) is 6.18. The summed E-state index contributed by atoms with van der Waals surface area (Å²) in [6.45, 7) is 0.565. The molecule has 1 heterocycles. The third-order valence-electron chi connectivity index (χ3n) is 3.92. The lowest BCUT2D eigenvalue weighted by Crippen LogP contribution is -2.39. The van der Waals surface area contributed by atoms with Crippen LogP contribution in [0.2, 0.25) is 0 Å². The van der Waals surface area contributed by atoms with Crippen molar-refractivity contribution in [3.05, 3.63) is 53.9 Å². The summed E-state index contributed by atoms with van der Waals surface area (Å²) in [6.07, 6.45) is 1.08. The minimum Gasteiger partial charge on any atom is -0.268 e. The standard InChI is InChI=1S/C16H18F2N2O2S/c17-16(18)8-14(9-16)11-23(21,22)12-15-6-7-20(19-15)10-13-4-2-1-3-5-13/h1-7,14H,8-12H2. The van der Waals surface area contributed by atoms with Crippen LogP contribution in [0.1, 0.15) is 24.1 Å². The van der Waals surface area contributed by atoms with E-state index in [-0.39, 0.29) is 24.3 Å². The van der Waals surface area contributed by atoms with Gasteiger partial charge in [-0.05, 0) is 17.5 Å². The Balaban J connectivity index is 1.58. The zero-order valence-electron chi connectivity index (χ0n) is 12.5. The number of aromatic nitrogens is 2. The van der Waals surface area contributed by atoms with E-state index >= 15 is 0 Å². The predicted octanol–water partition coefficient (Wildman–Crippen LogP) is 2.89.